The molecule has 560 valence electrons. The van der Waals surface area contributed by atoms with Gasteiger partial charge >= 0.3 is 11.9 Å². The van der Waals surface area contributed by atoms with Gasteiger partial charge in [0.2, 0.25) is 0 Å². The SMILES string of the molecule is CC/C=C\C/C=C\C/C=C\C/C=C\C/C=C\CCCCCCCCCCCCCCCCCCCCCCCCCC(=O)OC(COC(=O)CCCCCCCCCCCCCCCCCCCCCC/C=C\C/C=C\C/C=C\C/C=C\CC)COC(OCC[N+](C)(C)C)C(=O)[O-]. The number of esters is 2. The van der Waals surface area contributed by atoms with Crippen LogP contribution in [0, 0.1) is 0 Å². The summed E-state index contributed by atoms with van der Waals surface area (Å²) in [4.78, 5) is 37.6. The Hall–Kier alpha value is -4.05. The van der Waals surface area contributed by atoms with Gasteiger partial charge in [0.05, 0.1) is 40.3 Å². The minimum absolute atomic E-state index is 0.148. The highest BCUT2D eigenvalue weighted by molar-refractivity contribution is 5.70. The molecule has 9 heteroatoms. The highest BCUT2D eigenvalue weighted by Crippen LogP contribution is 2.19. The fourth-order valence-electron chi connectivity index (χ4n) is 11.9. The van der Waals surface area contributed by atoms with E-state index in [9.17, 15) is 19.5 Å². The number of aliphatic carboxylic acids is 1. The van der Waals surface area contributed by atoms with Gasteiger partial charge < -0.3 is 33.3 Å². The van der Waals surface area contributed by atoms with E-state index < -0.39 is 24.3 Å². The second kappa shape index (κ2) is 77.7. The van der Waals surface area contributed by atoms with Crippen molar-refractivity contribution in [3.63, 3.8) is 0 Å². The molecule has 0 bridgehead atoms. The lowest BCUT2D eigenvalue weighted by Crippen LogP contribution is -2.44. The van der Waals surface area contributed by atoms with Crippen LogP contribution in [0.1, 0.15) is 373 Å². The summed E-state index contributed by atoms with van der Waals surface area (Å²) in [7, 11) is 5.95. The molecule has 0 aliphatic heterocycles. The summed E-state index contributed by atoms with van der Waals surface area (Å²) in [6.07, 6.45) is 107. The van der Waals surface area contributed by atoms with Crippen LogP contribution in [0.2, 0.25) is 0 Å². The summed E-state index contributed by atoms with van der Waals surface area (Å²) in [6, 6.07) is 0. The van der Waals surface area contributed by atoms with Crippen molar-refractivity contribution in [2.24, 2.45) is 0 Å². The van der Waals surface area contributed by atoms with Gasteiger partial charge in [-0.05, 0) is 96.3 Å². The maximum absolute atomic E-state index is 13.0. The van der Waals surface area contributed by atoms with E-state index in [4.69, 9.17) is 18.9 Å². The first-order chi connectivity index (χ1) is 47.6. The number of ether oxygens (including phenoxy) is 4. The van der Waals surface area contributed by atoms with E-state index in [-0.39, 0.29) is 32.2 Å². The molecule has 0 aromatic rings. The summed E-state index contributed by atoms with van der Waals surface area (Å²) in [5, 5.41) is 11.9. The molecule has 0 spiro atoms. The Balaban J connectivity index is 3.97. The Labute approximate surface area is 600 Å². The molecule has 0 aromatic carbocycles. The smallest absolute Gasteiger partial charge is 0.306 e. The summed E-state index contributed by atoms with van der Waals surface area (Å²) in [6.45, 7) is 4.57. The molecule has 0 rings (SSSR count). The van der Waals surface area contributed by atoms with E-state index in [1.165, 1.54) is 250 Å². The minimum Gasteiger partial charge on any atom is -0.545 e. The molecule has 0 radical (unpaired) electrons. The van der Waals surface area contributed by atoms with Crippen LogP contribution in [-0.4, -0.2) is 82.3 Å². The molecule has 0 heterocycles. The molecule has 9 nitrogen and oxygen atoms in total. The molecular formula is C88H155NO8. The molecule has 2 atom stereocenters. The number of quaternary nitrogens is 1. The van der Waals surface area contributed by atoms with Crippen LogP contribution in [-0.2, 0) is 33.3 Å². The van der Waals surface area contributed by atoms with Gasteiger partial charge in [0.1, 0.15) is 13.2 Å². The number of hydrogen-bond acceptors (Lipinski definition) is 8. The maximum atomic E-state index is 13.0. The summed E-state index contributed by atoms with van der Waals surface area (Å²) in [5.74, 6) is -2.26. The van der Waals surface area contributed by atoms with Gasteiger partial charge in [-0.3, -0.25) is 9.59 Å². The van der Waals surface area contributed by atoms with Gasteiger partial charge in [-0.1, -0.05) is 374 Å². The quantitative estimate of drug-likeness (QED) is 0.0195. The van der Waals surface area contributed by atoms with Crippen molar-refractivity contribution >= 4 is 17.9 Å². The lowest BCUT2D eigenvalue weighted by Gasteiger charge is -2.26. The number of carbonyl (C=O) groups excluding carboxylic acids is 3. The topological polar surface area (TPSA) is 111 Å². The summed E-state index contributed by atoms with van der Waals surface area (Å²) >= 11 is 0. The maximum Gasteiger partial charge on any atom is 0.306 e. The standard InChI is InChI=1S/C88H155NO8/c1-6-8-10-12-14-16-18-20-22-24-26-28-30-32-34-36-38-40-41-42-43-44-45-47-49-51-53-55-57-59-61-63-65-67-69-71-73-75-77-79-86(91)97-84(83-96-88(87(92)93)94-81-80-89(3,4)5)82-95-85(90)78-76-74-72-70-68-66-64-62-60-58-56-54-52-50-48-46-39-37-35-33-31-29-27-25-23-21-19-17-15-13-11-9-7-2/h8-11,14-17,20-23,26-29,32,34,84,88H,6-7,12-13,18-19,24-25,30-31,33,35-83H2,1-5H3/b10-8-,11-9-,16-14-,17-15-,22-20-,23-21-,28-26-,29-27-,34-32-. The van der Waals surface area contributed by atoms with Gasteiger partial charge in [0, 0.05) is 12.8 Å². The number of carboxylic acids is 1. The van der Waals surface area contributed by atoms with Crippen molar-refractivity contribution in [2.45, 2.75) is 386 Å². The predicted octanol–water partition coefficient (Wildman–Crippen LogP) is 25.1. The Bertz CT molecular complexity index is 1970. The number of allylic oxidation sites excluding steroid dienone is 18. The van der Waals surface area contributed by atoms with Crippen LogP contribution >= 0.6 is 0 Å². The lowest BCUT2D eigenvalue weighted by atomic mass is 10.0. The van der Waals surface area contributed by atoms with Crippen molar-refractivity contribution in [1.29, 1.82) is 0 Å². The van der Waals surface area contributed by atoms with E-state index in [0.29, 0.717) is 23.9 Å². The average molecular weight is 1360 g/mol. The third-order valence-electron chi connectivity index (χ3n) is 18.0. The number of hydrogen-bond donors (Lipinski definition) is 0. The Morgan fingerprint density at radius 2 is 0.557 bits per heavy atom. The Morgan fingerprint density at radius 1 is 0.309 bits per heavy atom. The molecule has 0 fully saturated rings. The first-order valence-corrected chi connectivity index (χ1v) is 41.0. The van der Waals surface area contributed by atoms with E-state index >= 15 is 0 Å². The molecule has 0 aliphatic rings. The highest BCUT2D eigenvalue weighted by Gasteiger charge is 2.22. The van der Waals surface area contributed by atoms with Crippen molar-refractivity contribution in [1.82, 2.24) is 0 Å². The second-order valence-electron chi connectivity index (χ2n) is 28.7. The fraction of sp³-hybridized carbons (Fsp3) is 0.761. The molecular weight excluding hydrogens is 1200 g/mol. The monoisotopic (exact) mass is 1350 g/mol. The number of likely N-dealkylation sites (N-methyl/N-ethyl adjacent to an activating group) is 1. The number of carbonyl (C=O) groups is 3. The summed E-state index contributed by atoms with van der Waals surface area (Å²) in [5.41, 5.74) is 0. The highest BCUT2D eigenvalue weighted by atomic mass is 16.7. The second-order valence-corrected chi connectivity index (χ2v) is 28.7. The number of carboxylic acid groups (broad SMARTS) is 1. The largest absolute Gasteiger partial charge is 0.545 e. The molecule has 0 aliphatic carbocycles. The van der Waals surface area contributed by atoms with Crippen LogP contribution in [0.3, 0.4) is 0 Å². The molecule has 0 saturated carbocycles. The third-order valence-corrected chi connectivity index (χ3v) is 18.0. The van der Waals surface area contributed by atoms with Gasteiger partial charge in [-0.25, -0.2) is 0 Å². The van der Waals surface area contributed by atoms with Crippen LogP contribution in [0.5, 0.6) is 0 Å². The predicted molar refractivity (Wildman–Crippen MR) is 417 cm³/mol. The van der Waals surface area contributed by atoms with Crippen LogP contribution < -0.4 is 5.11 Å². The van der Waals surface area contributed by atoms with E-state index in [2.05, 4.69) is 123 Å². The zero-order valence-electron chi connectivity index (χ0n) is 64.2. The van der Waals surface area contributed by atoms with Gasteiger partial charge in [0.15, 0.2) is 12.4 Å². The van der Waals surface area contributed by atoms with Crippen LogP contribution in [0.4, 0.5) is 0 Å². The van der Waals surface area contributed by atoms with Gasteiger partial charge in [-0.15, -0.1) is 0 Å². The fourth-order valence-corrected chi connectivity index (χ4v) is 11.9. The van der Waals surface area contributed by atoms with Crippen molar-refractivity contribution in [2.75, 3.05) is 47.5 Å². The first kappa shape index (κ1) is 93.0. The minimum atomic E-state index is -1.62. The Morgan fingerprint density at radius 3 is 0.825 bits per heavy atom. The molecule has 0 saturated heterocycles. The molecule has 97 heavy (non-hydrogen) atoms. The van der Waals surface area contributed by atoms with Crippen molar-refractivity contribution < 1.29 is 42.9 Å². The average Bonchev–Trinajstić information content (AvgIpc) is 2.39. The summed E-state index contributed by atoms with van der Waals surface area (Å²) < 4.78 is 22.9. The lowest BCUT2D eigenvalue weighted by molar-refractivity contribution is -0.870. The van der Waals surface area contributed by atoms with Gasteiger partial charge in [0.25, 0.3) is 0 Å². The van der Waals surface area contributed by atoms with E-state index in [1.807, 2.05) is 21.1 Å². The first-order valence-electron chi connectivity index (χ1n) is 41.0. The van der Waals surface area contributed by atoms with E-state index in [1.54, 1.807) is 0 Å². The number of unbranched alkanes of at least 4 members (excludes halogenated alkanes) is 43. The zero-order valence-corrected chi connectivity index (χ0v) is 64.2. The zero-order chi connectivity index (χ0) is 70.4. The van der Waals surface area contributed by atoms with Crippen LogP contribution in [0.15, 0.2) is 109 Å². The van der Waals surface area contributed by atoms with Crippen molar-refractivity contribution in [3.05, 3.63) is 109 Å². The molecule has 2 unspecified atom stereocenters. The molecule has 0 amide bonds. The molecule has 0 N–H and O–H groups in total. The number of rotatable bonds is 76. The molecule has 0 aromatic heterocycles. The van der Waals surface area contributed by atoms with Crippen LogP contribution in [0.25, 0.3) is 0 Å². The normalized spacial score (nSPS) is 13.2. The van der Waals surface area contributed by atoms with Crippen molar-refractivity contribution in [3.8, 4) is 0 Å². The Kier molecular flexibility index (Phi) is 74.4. The van der Waals surface area contributed by atoms with Gasteiger partial charge in [-0.2, -0.15) is 0 Å². The third kappa shape index (κ3) is 79.2. The number of nitrogens with zero attached hydrogens (tertiary/aromatic N) is 1. The van der Waals surface area contributed by atoms with E-state index in [0.717, 1.165) is 89.9 Å².